The number of hydrazone groups is 1. The first kappa shape index (κ1) is 25.8. The molecule has 0 unspecified atom stereocenters. The zero-order valence-corrected chi connectivity index (χ0v) is 22.7. The zero-order valence-electron chi connectivity index (χ0n) is 22.0. The molecule has 0 radical (unpaired) electrons. The van der Waals surface area contributed by atoms with Gasteiger partial charge in [0, 0.05) is 23.2 Å². The lowest BCUT2D eigenvalue weighted by molar-refractivity contribution is -0.384. The molecule has 8 rings (SSSR count). The second kappa shape index (κ2) is 9.22. The number of amides is 3. The molecule has 1 aliphatic heterocycles. The molecule has 42 heavy (non-hydrogen) atoms. The van der Waals surface area contributed by atoms with Crippen LogP contribution in [0.2, 0.25) is 5.02 Å². The van der Waals surface area contributed by atoms with Crippen molar-refractivity contribution in [2.75, 3.05) is 4.90 Å². The third-order valence-electron chi connectivity index (χ3n) is 8.46. The summed E-state index contributed by atoms with van der Waals surface area (Å²) in [7, 11) is 0. The molecule has 2 bridgehead atoms. The molecule has 2 atom stereocenters. The van der Waals surface area contributed by atoms with E-state index in [0.717, 1.165) is 33.2 Å². The summed E-state index contributed by atoms with van der Waals surface area (Å²) in [6.07, 6.45) is 1.51. The average Bonchev–Trinajstić information content (AvgIpc) is 3.54. The number of anilines is 1. The van der Waals surface area contributed by atoms with Gasteiger partial charge in [0.2, 0.25) is 11.8 Å². The van der Waals surface area contributed by atoms with Gasteiger partial charge < -0.3 is 4.42 Å². The molecule has 4 aliphatic rings. The number of nitro groups is 1. The Morgan fingerprint density at radius 2 is 1.69 bits per heavy atom. The standard InChI is InChI=1S/C31H21ClN4O6/c1-16-10-13-24(42-16)28(37)34-33-15-31-20-8-4-2-6-18(20)25(19-7-3-5-9-21(19)31)26-27(31)30(39)35(29(26)38)22-12-11-17(32)14-23(22)36(40)41/h2-15,25-27H,1H3,(H,34,37)/b33-15-/t25?,26-,27-,31?/m1/s1. The average molecular weight is 581 g/mol. The molecule has 11 heteroatoms. The smallest absolute Gasteiger partial charge is 0.307 e. The number of nitrogens with one attached hydrogen (secondary N) is 1. The van der Waals surface area contributed by atoms with Crippen LogP contribution < -0.4 is 10.3 Å². The third-order valence-corrected chi connectivity index (χ3v) is 8.69. The number of nitrogens with zero attached hydrogens (tertiary/aromatic N) is 3. The van der Waals surface area contributed by atoms with Crippen molar-refractivity contribution in [3.05, 3.63) is 128 Å². The Bertz CT molecular complexity index is 1830. The predicted octanol–water partition coefficient (Wildman–Crippen LogP) is 5.12. The first-order chi connectivity index (χ1) is 20.2. The van der Waals surface area contributed by atoms with E-state index in [1.807, 2.05) is 48.5 Å². The topological polar surface area (TPSA) is 135 Å². The minimum Gasteiger partial charge on any atom is -0.456 e. The summed E-state index contributed by atoms with van der Waals surface area (Å²) in [5.74, 6) is -3.40. The first-order valence-corrected chi connectivity index (χ1v) is 13.5. The van der Waals surface area contributed by atoms with Crippen LogP contribution >= 0.6 is 11.6 Å². The number of furan rings is 1. The first-order valence-electron chi connectivity index (χ1n) is 13.2. The number of carbonyl (C=O) groups excluding carboxylic acids is 3. The fraction of sp³-hybridized carbons (Fsp3) is 0.161. The van der Waals surface area contributed by atoms with E-state index in [-0.39, 0.29) is 16.5 Å². The van der Waals surface area contributed by atoms with Crippen molar-refractivity contribution in [3.8, 4) is 0 Å². The summed E-state index contributed by atoms with van der Waals surface area (Å²) in [6, 6.07) is 22.1. The van der Waals surface area contributed by atoms with Crippen LogP contribution in [0.1, 0.15) is 44.5 Å². The summed E-state index contributed by atoms with van der Waals surface area (Å²) in [5, 5.41) is 16.4. The highest BCUT2D eigenvalue weighted by Gasteiger charge is 2.68. The predicted molar refractivity (Wildman–Crippen MR) is 152 cm³/mol. The van der Waals surface area contributed by atoms with Gasteiger partial charge in [-0.25, -0.2) is 10.3 Å². The molecule has 3 amide bonds. The van der Waals surface area contributed by atoms with Gasteiger partial charge in [-0.1, -0.05) is 60.1 Å². The van der Waals surface area contributed by atoms with E-state index in [4.69, 9.17) is 16.0 Å². The summed E-state index contributed by atoms with van der Waals surface area (Å²) in [6.45, 7) is 1.72. The van der Waals surface area contributed by atoms with Gasteiger partial charge in [0.15, 0.2) is 5.76 Å². The molecule has 3 aliphatic carbocycles. The quantitative estimate of drug-likeness (QED) is 0.151. The van der Waals surface area contributed by atoms with Crippen molar-refractivity contribution in [2.45, 2.75) is 18.3 Å². The second-order valence-electron chi connectivity index (χ2n) is 10.5. The summed E-state index contributed by atoms with van der Waals surface area (Å²) in [5.41, 5.74) is 3.90. The van der Waals surface area contributed by atoms with E-state index in [9.17, 15) is 24.5 Å². The van der Waals surface area contributed by atoms with Crippen LogP contribution in [0.25, 0.3) is 0 Å². The van der Waals surface area contributed by atoms with Crippen molar-refractivity contribution in [2.24, 2.45) is 16.9 Å². The highest BCUT2D eigenvalue weighted by molar-refractivity contribution is 6.31. The Balaban J connectivity index is 1.42. The van der Waals surface area contributed by atoms with Gasteiger partial charge in [-0.05, 0) is 53.4 Å². The second-order valence-corrected chi connectivity index (χ2v) is 11.0. The zero-order chi connectivity index (χ0) is 29.3. The van der Waals surface area contributed by atoms with E-state index < -0.39 is 51.5 Å². The summed E-state index contributed by atoms with van der Waals surface area (Å²) in [4.78, 5) is 53.7. The molecule has 1 aromatic heterocycles. The van der Waals surface area contributed by atoms with Crippen molar-refractivity contribution in [3.63, 3.8) is 0 Å². The highest BCUT2D eigenvalue weighted by atomic mass is 35.5. The maximum atomic E-state index is 14.4. The van der Waals surface area contributed by atoms with Gasteiger partial charge in [0.1, 0.15) is 11.4 Å². The van der Waals surface area contributed by atoms with Gasteiger partial charge in [-0.3, -0.25) is 24.5 Å². The molecule has 1 N–H and O–H groups in total. The molecule has 10 nitrogen and oxygen atoms in total. The van der Waals surface area contributed by atoms with E-state index >= 15 is 0 Å². The maximum Gasteiger partial charge on any atom is 0.307 e. The molecular formula is C31H21ClN4O6. The lowest BCUT2D eigenvalue weighted by Gasteiger charge is -2.52. The fourth-order valence-electron chi connectivity index (χ4n) is 6.92. The van der Waals surface area contributed by atoms with Crippen LogP contribution in [-0.2, 0) is 15.0 Å². The van der Waals surface area contributed by atoms with Gasteiger partial charge >= 0.3 is 5.91 Å². The molecule has 208 valence electrons. The monoisotopic (exact) mass is 580 g/mol. The van der Waals surface area contributed by atoms with Crippen molar-refractivity contribution >= 4 is 46.9 Å². The van der Waals surface area contributed by atoms with Crippen LogP contribution in [-0.4, -0.2) is 28.9 Å². The molecule has 4 aromatic rings. The Hall–Kier alpha value is -5.09. The molecule has 0 saturated carbocycles. The molecule has 1 saturated heterocycles. The fourth-order valence-corrected chi connectivity index (χ4v) is 7.09. The van der Waals surface area contributed by atoms with Gasteiger partial charge in [0.05, 0.1) is 22.2 Å². The molecule has 0 spiro atoms. The third kappa shape index (κ3) is 3.45. The number of aryl methyl sites for hydroxylation is 1. The molecule has 1 fully saturated rings. The molecular weight excluding hydrogens is 560 g/mol. The van der Waals surface area contributed by atoms with E-state index in [1.165, 1.54) is 24.4 Å². The summed E-state index contributed by atoms with van der Waals surface area (Å²) >= 11 is 6.04. The molecule has 3 aromatic carbocycles. The number of halogens is 1. The lowest BCUT2D eigenvalue weighted by atomic mass is 9.47. The van der Waals surface area contributed by atoms with Crippen LogP contribution in [0, 0.1) is 28.9 Å². The maximum absolute atomic E-state index is 14.4. The largest absolute Gasteiger partial charge is 0.456 e. The Morgan fingerprint density at radius 1 is 1.02 bits per heavy atom. The SMILES string of the molecule is Cc1ccc(C(=O)N/N=C\C23c4ccccc4C(c4ccccc42)[C@H]2C(=O)N(c4ccc(Cl)cc4[N+](=O)[O-])C(=O)[C@@H]23)o1. The van der Waals surface area contributed by atoms with Crippen LogP contribution in [0.5, 0.6) is 0 Å². The normalized spacial score (nSPS) is 23.6. The van der Waals surface area contributed by atoms with Crippen LogP contribution in [0.4, 0.5) is 11.4 Å². The number of nitro benzene ring substituents is 1. The number of rotatable bonds is 5. The van der Waals surface area contributed by atoms with E-state index in [0.29, 0.717) is 5.76 Å². The number of hydrogen-bond donors (Lipinski definition) is 1. The van der Waals surface area contributed by atoms with E-state index in [1.54, 1.807) is 13.0 Å². The highest BCUT2D eigenvalue weighted by Crippen LogP contribution is 2.64. The number of carbonyl (C=O) groups is 3. The van der Waals surface area contributed by atoms with E-state index in [2.05, 4.69) is 10.5 Å². The number of benzene rings is 3. The van der Waals surface area contributed by atoms with Gasteiger partial charge in [0.25, 0.3) is 5.69 Å². The summed E-state index contributed by atoms with van der Waals surface area (Å²) < 4.78 is 5.41. The van der Waals surface area contributed by atoms with Crippen molar-refractivity contribution in [1.29, 1.82) is 0 Å². The van der Waals surface area contributed by atoms with Crippen molar-refractivity contribution < 1.29 is 23.7 Å². The van der Waals surface area contributed by atoms with Crippen LogP contribution in [0.15, 0.2) is 88.4 Å². The molecule has 2 heterocycles. The van der Waals surface area contributed by atoms with Gasteiger partial charge in [-0.15, -0.1) is 0 Å². The minimum atomic E-state index is -1.26. The Morgan fingerprint density at radius 3 is 2.31 bits per heavy atom. The number of hydrogen-bond acceptors (Lipinski definition) is 7. The Labute approximate surface area is 243 Å². The lowest BCUT2D eigenvalue weighted by Crippen LogP contribution is -2.54. The minimum absolute atomic E-state index is 0.0709. The van der Waals surface area contributed by atoms with Crippen molar-refractivity contribution in [1.82, 2.24) is 5.43 Å². The van der Waals surface area contributed by atoms with Gasteiger partial charge in [-0.2, -0.15) is 5.10 Å². The van der Waals surface area contributed by atoms with Crippen LogP contribution in [0.3, 0.4) is 0 Å². The Kier molecular flexibility index (Phi) is 5.67. The number of imide groups is 1.